The van der Waals surface area contributed by atoms with E-state index in [2.05, 4.69) is 15.3 Å². The van der Waals surface area contributed by atoms with Crippen LogP contribution in [0, 0.1) is 12.8 Å². The van der Waals surface area contributed by atoms with E-state index in [0.29, 0.717) is 5.95 Å². The number of carbonyl (C=O) groups excluding carboxylic acids is 1. The summed E-state index contributed by atoms with van der Waals surface area (Å²) < 4.78 is 0. The van der Waals surface area contributed by atoms with Gasteiger partial charge < -0.3 is 10.7 Å². The van der Waals surface area contributed by atoms with E-state index in [9.17, 15) is 4.79 Å². The number of nitrogens with one attached hydrogen (secondary N) is 2. The van der Waals surface area contributed by atoms with Crippen molar-refractivity contribution in [1.82, 2.24) is 9.97 Å². The van der Waals surface area contributed by atoms with Gasteiger partial charge >= 0.3 is 0 Å². The summed E-state index contributed by atoms with van der Waals surface area (Å²) in [4.78, 5) is 18.5. The topological polar surface area (TPSA) is 83.8 Å². The van der Waals surface area contributed by atoms with Crippen molar-refractivity contribution in [3.8, 4) is 0 Å². The molecule has 5 nitrogen and oxygen atoms in total. The molecule has 1 aromatic heterocycles. The molecular weight excluding hydrogens is 192 g/mol. The standard InChI is InChI=1S/C10H18N4O/c1-4-6(2)8(11)9(15)14-10-12-5-7(3)13-10/h5-6,8H,4,11H2,1-3H3,(H2,12,13,14,15). The van der Waals surface area contributed by atoms with E-state index in [1.54, 1.807) is 6.20 Å². The van der Waals surface area contributed by atoms with E-state index in [-0.39, 0.29) is 11.8 Å². The van der Waals surface area contributed by atoms with Crippen LogP contribution in [-0.2, 0) is 4.79 Å². The Labute approximate surface area is 89.5 Å². The fourth-order valence-electron chi connectivity index (χ4n) is 1.19. The molecule has 1 amide bonds. The normalized spacial score (nSPS) is 14.7. The third-order valence-electron chi connectivity index (χ3n) is 2.50. The Morgan fingerprint density at radius 2 is 2.40 bits per heavy atom. The molecule has 0 aliphatic heterocycles. The van der Waals surface area contributed by atoms with Gasteiger partial charge in [0.15, 0.2) is 0 Å². The molecule has 15 heavy (non-hydrogen) atoms. The smallest absolute Gasteiger partial charge is 0.243 e. The Balaban J connectivity index is 2.55. The van der Waals surface area contributed by atoms with Gasteiger partial charge in [0.2, 0.25) is 11.9 Å². The molecule has 4 N–H and O–H groups in total. The Morgan fingerprint density at radius 3 is 2.87 bits per heavy atom. The second kappa shape index (κ2) is 4.93. The van der Waals surface area contributed by atoms with Gasteiger partial charge in [0.05, 0.1) is 6.04 Å². The molecule has 0 aromatic carbocycles. The molecule has 1 heterocycles. The first-order chi connectivity index (χ1) is 7.04. The van der Waals surface area contributed by atoms with E-state index in [1.807, 2.05) is 20.8 Å². The zero-order chi connectivity index (χ0) is 11.4. The van der Waals surface area contributed by atoms with Crippen molar-refractivity contribution < 1.29 is 4.79 Å². The van der Waals surface area contributed by atoms with Crippen LogP contribution in [-0.4, -0.2) is 21.9 Å². The van der Waals surface area contributed by atoms with Gasteiger partial charge in [-0.25, -0.2) is 4.98 Å². The monoisotopic (exact) mass is 210 g/mol. The number of nitrogens with zero attached hydrogens (tertiary/aromatic N) is 1. The molecule has 2 unspecified atom stereocenters. The lowest BCUT2D eigenvalue weighted by atomic mass is 10.00. The van der Waals surface area contributed by atoms with Crippen LogP contribution in [0.15, 0.2) is 6.20 Å². The summed E-state index contributed by atoms with van der Waals surface area (Å²) in [7, 11) is 0. The lowest BCUT2D eigenvalue weighted by Gasteiger charge is -2.16. The number of anilines is 1. The number of hydrogen-bond acceptors (Lipinski definition) is 3. The number of hydrogen-bond donors (Lipinski definition) is 3. The first-order valence-electron chi connectivity index (χ1n) is 5.12. The number of nitrogens with two attached hydrogens (primary N) is 1. The minimum atomic E-state index is -0.486. The highest BCUT2D eigenvalue weighted by Crippen LogP contribution is 2.08. The Morgan fingerprint density at radius 1 is 1.73 bits per heavy atom. The Bertz CT molecular complexity index is 334. The third kappa shape index (κ3) is 3.06. The lowest BCUT2D eigenvalue weighted by Crippen LogP contribution is -2.40. The zero-order valence-corrected chi connectivity index (χ0v) is 9.37. The number of imidazole rings is 1. The van der Waals surface area contributed by atoms with E-state index in [1.165, 1.54) is 0 Å². The van der Waals surface area contributed by atoms with Crippen LogP contribution in [0.25, 0.3) is 0 Å². The van der Waals surface area contributed by atoms with E-state index >= 15 is 0 Å². The number of rotatable bonds is 4. The van der Waals surface area contributed by atoms with Crippen molar-refractivity contribution in [3.05, 3.63) is 11.9 Å². The summed E-state index contributed by atoms with van der Waals surface area (Å²) in [6, 6.07) is -0.486. The van der Waals surface area contributed by atoms with Crippen LogP contribution in [0.2, 0.25) is 0 Å². The number of carbonyl (C=O) groups is 1. The number of aryl methyl sites for hydroxylation is 1. The quantitative estimate of drug-likeness (QED) is 0.694. The SMILES string of the molecule is CCC(C)C(N)C(=O)Nc1ncc(C)[nH]1. The van der Waals surface area contributed by atoms with Crippen LogP contribution in [0.5, 0.6) is 0 Å². The van der Waals surface area contributed by atoms with Crippen molar-refractivity contribution in [2.45, 2.75) is 33.2 Å². The predicted molar refractivity (Wildman–Crippen MR) is 59.4 cm³/mol. The van der Waals surface area contributed by atoms with E-state index in [0.717, 1.165) is 12.1 Å². The number of aromatic nitrogens is 2. The summed E-state index contributed by atoms with van der Waals surface area (Å²) in [5.74, 6) is 0.427. The molecular formula is C10H18N4O. The molecule has 0 aliphatic rings. The molecule has 0 saturated heterocycles. The van der Waals surface area contributed by atoms with Crippen LogP contribution < -0.4 is 11.1 Å². The molecule has 0 fully saturated rings. The van der Waals surface area contributed by atoms with Crippen molar-refractivity contribution in [2.75, 3.05) is 5.32 Å². The second-order valence-electron chi connectivity index (χ2n) is 3.82. The molecule has 0 aliphatic carbocycles. The van der Waals surface area contributed by atoms with Gasteiger partial charge in [-0.05, 0) is 12.8 Å². The molecule has 1 rings (SSSR count). The maximum atomic E-state index is 11.6. The molecule has 0 spiro atoms. The van der Waals surface area contributed by atoms with Gasteiger partial charge in [-0.3, -0.25) is 10.1 Å². The van der Waals surface area contributed by atoms with Crippen LogP contribution in [0.4, 0.5) is 5.95 Å². The fourth-order valence-corrected chi connectivity index (χ4v) is 1.19. The van der Waals surface area contributed by atoms with Gasteiger partial charge in [-0.2, -0.15) is 0 Å². The number of H-pyrrole nitrogens is 1. The number of amides is 1. The van der Waals surface area contributed by atoms with Gasteiger partial charge in [-0.1, -0.05) is 20.3 Å². The highest BCUT2D eigenvalue weighted by Gasteiger charge is 2.19. The highest BCUT2D eigenvalue weighted by molar-refractivity contribution is 5.93. The van der Waals surface area contributed by atoms with Crippen molar-refractivity contribution in [1.29, 1.82) is 0 Å². The lowest BCUT2D eigenvalue weighted by molar-refractivity contribution is -0.118. The Hall–Kier alpha value is -1.36. The summed E-state index contributed by atoms with van der Waals surface area (Å²) in [5.41, 5.74) is 6.68. The van der Waals surface area contributed by atoms with Gasteiger partial charge in [-0.15, -0.1) is 0 Å². The molecule has 0 bridgehead atoms. The van der Waals surface area contributed by atoms with Crippen LogP contribution in [0.1, 0.15) is 26.0 Å². The highest BCUT2D eigenvalue weighted by atomic mass is 16.2. The maximum absolute atomic E-state index is 11.6. The van der Waals surface area contributed by atoms with Crippen LogP contribution >= 0.6 is 0 Å². The molecule has 0 saturated carbocycles. The van der Waals surface area contributed by atoms with Gasteiger partial charge in [0.1, 0.15) is 0 Å². The molecule has 84 valence electrons. The van der Waals surface area contributed by atoms with Crippen molar-refractivity contribution >= 4 is 11.9 Å². The first kappa shape index (κ1) is 11.7. The van der Waals surface area contributed by atoms with Crippen molar-refractivity contribution in [3.63, 3.8) is 0 Å². The molecule has 0 radical (unpaired) electrons. The summed E-state index contributed by atoms with van der Waals surface area (Å²) in [5, 5.41) is 2.65. The summed E-state index contributed by atoms with van der Waals surface area (Å²) >= 11 is 0. The second-order valence-corrected chi connectivity index (χ2v) is 3.82. The van der Waals surface area contributed by atoms with E-state index < -0.39 is 6.04 Å². The average Bonchev–Trinajstić information content (AvgIpc) is 2.61. The van der Waals surface area contributed by atoms with Crippen molar-refractivity contribution in [2.24, 2.45) is 11.7 Å². The summed E-state index contributed by atoms with van der Waals surface area (Å²) in [6.45, 7) is 5.84. The molecule has 5 heteroatoms. The van der Waals surface area contributed by atoms with E-state index in [4.69, 9.17) is 5.73 Å². The zero-order valence-electron chi connectivity index (χ0n) is 9.37. The average molecular weight is 210 g/mol. The molecule has 1 aromatic rings. The fraction of sp³-hybridized carbons (Fsp3) is 0.600. The predicted octanol–water partition coefficient (Wildman–Crippen LogP) is 1.03. The number of aromatic amines is 1. The Kier molecular flexibility index (Phi) is 3.85. The first-order valence-corrected chi connectivity index (χ1v) is 5.12. The molecule has 2 atom stereocenters. The maximum Gasteiger partial charge on any atom is 0.243 e. The van der Waals surface area contributed by atoms with Gasteiger partial charge in [0.25, 0.3) is 0 Å². The van der Waals surface area contributed by atoms with Crippen LogP contribution in [0.3, 0.4) is 0 Å². The summed E-state index contributed by atoms with van der Waals surface area (Å²) in [6.07, 6.45) is 2.54. The van der Waals surface area contributed by atoms with Gasteiger partial charge in [0, 0.05) is 11.9 Å². The minimum absolute atomic E-state index is 0.168. The largest absolute Gasteiger partial charge is 0.328 e. The third-order valence-corrected chi connectivity index (χ3v) is 2.50. The minimum Gasteiger partial charge on any atom is -0.328 e.